The van der Waals surface area contributed by atoms with Gasteiger partial charge >= 0.3 is 0 Å². The SMILES string of the molecule is CC(C)Cc1nc(CN(C)Cc2nnc(-c3ccco3)o2)no1. The minimum atomic E-state index is 0.372. The maximum absolute atomic E-state index is 5.57. The number of rotatable bonds is 7. The zero-order valence-corrected chi connectivity index (χ0v) is 13.4. The van der Waals surface area contributed by atoms with Crippen molar-refractivity contribution in [1.29, 1.82) is 0 Å². The highest BCUT2D eigenvalue weighted by molar-refractivity contribution is 5.42. The van der Waals surface area contributed by atoms with Gasteiger partial charge < -0.3 is 13.4 Å². The van der Waals surface area contributed by atoms with Crippen molar-refractivity contribution in [2.45, 2.75) is 33.4 Å². The zero-order chi connectivity index (χ0) is 16.2. The van der Waals surface area contributed by atoms with Gasteiger partial charge in [-0.1, -0.05) is 19.0 Å². The number of furan rings is 1. The summed E-state index contributed by atoms with van der Waals surface area (Å²) < 4.78 is 16.0. The molecule has 0 aliphatic heterocycles. The van der Waals surface area contributed by atoms with Crippen molar-refractivity contribution >= 4 is 0 Å². The molecule has 3 aromatic rings. The van der Waals surface area contributed by atoms with Gasteiger partial charge in [-0.3, -0.25) is 4.90 Å². The topological polar surface area (TPSA) is 94.2 Å². The Morgan fingerprint density at radius 2 is 2.04 bits per heavy atom. The van der Waals surface area contributed by atoms with E-state index < -0.39 is 0 Å². The fourth-order valence-corrected chi connectivity index (χ4v) is 2.13. The summed E-state index contributed by atoms with van der Waals surface area (Å²) in [6, 6.07) is 3.55. The van der Waals surface area contributed by atoms with Crippen LogP contribution in [-0.4, -0.2) is 32.3 Å². The van der Waals surface area contributed by atoms with Crippen LogP contribution in [-0.2, 0) is 19.5 Å². The van der Waals surface area contributed by atoms with E-state index in [1.165, 1.54) is 0 Å². The van der Waals surface area contributed by atoms with E-state index in [0.29, 0.717) is 48.3 Å². The average Bonchev–Trinajstić information content (AvgIpc) is 3.19. The predicted molar refractivity (Wildman–Crippen MR) is 80.0 cm³/mol. The lowest BCUT2D eigenvalue weighted by atomic mass is 10.1. The van der Waals surface area contributed by atoms with Crippen molar-refractivity contribution in [3.8, 4) is 11.7 Å². The summed E-state index contributed by atoms with van der Waals surface area (Å²) >= 11 is 0. The molecule has 0 bridgehead atoms. The molecule has 0 radical (unpaired) electrons. The molecular weight excluding hydrogens is 298 g/mol. The number of nitrogens with zero attached hydrogens (tertiary/aromatic N) is 5. The third-order valence-electron chi connectivity index (χ3n) is 3.11. The molecule has 23 heavy (non-hydrogen) atoms. The van der Waals surface area contributed by atoms with E-state index in [2.05, 4.69) is 34.2 Å². The first-order valence-corrected chi connectivity index (χ1v) is 7.46. The Morgan fingerprint density at radius 1 is 1.17 bits per heavy atom. The Kier molecular flexibility index (Phi) is 4.52. The minimum Gasteiger partial charge on any atom is -0.459 e. The molecule has 3 rings (SSSR count). The maximum atomic E-state index is 5.57. The second kappa shape index (κ2) is 6.74. The van der Waals surface area contributed by atoms with Crippen molar-refractivity contribution in [2.24, 2.45) is 5.92 Å². The predicted octanol–water partition coefficient (Wildman–Crippen LogP) is 2.54. The first-order chi connectivity index (χ1) is 11.1. The molecule has 0 saturated heterocycles. The summed E-state index contributed by atoms with van der Waals surface area (Å²) in [6.07, 6.45) is 2.35. The van der Waals surface area contributed by atoms with Crippen LogP contribution >= 0.6 is 0 Å². The van der Waals surface area contributed by atoms with Crippen LogP contribution in [0.1, 0.15) is 31.5 Å². The fourth-order valence-electron chi connectivity index (χ4n) is 2.13. The molecule has 3 aromatic heterocycles. The lowest BCUT2D eigenvalue weighted by molar-refractivity contribution is 0.269. The van der Waals surface area contributed by atoms with Crippen LogP contribution in [0.3, 0.4) is 0 Å². The van der Waals surface area contributed by atoms with Crippen LogP contribution < -0.4 is 0 Å². The van der Waals surface area contributed by atoms with E-state index in [1.54, 1.807) is 18.4 Å². The quantitative estimate of drug-likeness (QED) is 0.656. The Hall–Kier alpha value is -2.48. The van der Waals surface area contributed by atoms with E-state index in [1.807, 2.05) is 11.9 Å². The number of hydrogen-bond acceptors (Lipinski definition) is 8. The van der Waals surface area contributed by atoms with Crippen molar-refractivity contribution in [3.05, 3.63) is 36.0 Å². The summed E-state index contributed by atoms with van der Waals surface area (Å²) in [5.74, 6) is 3.24. The summed E-state index contributed by atoms with van der Waals surface area (Å²) in [6.45, 7) is 5.26. The van der Waals surface area contributed by atoms with Gasteiger partial charge in [0.2, 0.25) is 11.8 Å². The highest BCUT2D eigenvalue weighted by Crippen LogP contribution is 2.18. The largest absolute Gasteiger partial charge is 0.459 e. The van der Waals surface area contributed by atoms with Gasteiger partial charge in [0.25, 0.3) is 5.89 Å². The molecule has 0 amide bonds. The molecule has 0 unspecified atom stereocenters. The molecule has 122 valence electrons. The van der Waals surface area contributed by atoms with Gasteiger partial charge in [-0.25, -0.2) is 0 Å². The molecule has 0 aromatic carbocycles. The molecule has 8 heteroatoms. The van der Waals surface area contributed by atoms with Crippen molar-refractivity contribution < 1.29 is 13.4 Å². The van der Waals surface area contributed by atoms with Crippen molar-refractivity contribution in [1.82, 2.24) is 25.2 Å². The lowest BCUT2D eigenvalue weighted by Gasteiger charge is -2.10. The highest BCUT2D eigenvalue weighted by Gasteiger charge is 2.15. The third kappa shape index (κ3) is 4.04. The summed E-state index contributed by atoms with van der Waals surface area (Å²) in [7, 11) is 1.93. The molecule has 0 saturated carbocycles. The molecule has 0 fully saturated rings. The molecule has 0 atom stereocenters. The van der Waals surface area contributed by atoms with Crippen LogP contribution in [0.15, 0.2) is 31.8 Å². The van der Waals surface area contributed by atoms with Gasteiger partial charge in [-0.05, 0) is 25.1 Å². The van der Waals surface area contributed by atoms with Crippen molar-refractivity contribution in [2.75, 3.05) is 7.05 Å². The number of hydrogen-bond donors (Lipinski definition) is 0. The minimum absolute atomic E-state index is 0.372. The van der Waals surface area contributed by atoms with E-state index in [0.717, 1.165) is 6.42 Å². The van der Waals surface area contributed by atoms with Crippen LogP contribution in [0.5, 0.6) is 0 Å². The standard InChI is InChI=1S/C15H19N5O3/c1-10(2)7-13-16-12(19-23-13)8-20(3)9-14-17-18-15(22-14)11-5-4-6-21-11/h4-6,10H,7-9H2,1-3H3. The normalized spacial score (nSPS) is 11.7. The van der Waals surface area contributed by atoms with Crippen LogP contribution in [0.4, 0.5) is 0 Å². The van der Waals surface area contributed by atoms with Crippen LogP contribution in [0.2, 0.25) is 0 Å². The fraction of sp³-hybridized carbons (Fsp3) is 0.467. The smallest absolute Gasteiger partial charge is 0.283 e. The summed E-state index contributed by atoms with van der Waals surface area (Å²) in [4.78, 5) is 6.35. The first kappa shape index (κ1) is 15.4. The highest BCUT2D eigenvalue weighted by atomic mass is 16.5. The van der Waals surface area contributed by atoms with Gasteiger partial charge in [0, 0.05) is 6.42 Å². The first-order valence-electron chi connectivity index (χ1n) is 7.46. The van der Waals surface area contributed by atoms with Gasteiger partial charge in [0.15, 0.2) is 11.6 Å². The molecule has 3 heterocycles. The Bertz CT molecular complexity index is 732. The lowest BCUT2D eigenvalue weighted by Crippen LogP contribution is -2.18. The maximum Gasteiger partial charge on any atom is 0.283 e. The molecule has 0 aliphatic carbocycles. The van der Waals surface area contributed by atoms with Gasteiger partial charge in [-0.2, -0.15) is 4.98 Å². The molecule has 0 spiro atoms. The molecule has 8 nitrogen and oxygen atoms in total. The van der Waals surface area contributed by atoms with E-state index in [4.69, 9.17) is 13.4 Å². The second-order valence-corrected chi connectivity index (χ2v) is 5.85. The van der Waals surface area contributed by atoms with Crippen LogP contribution in [0.25, 0.3) is 11.7 Å². The van der Waals surface area contributed by atoms with E-state index >= 15 is 0 Å². The number of aromatic nitrogens is 4. The third-order valence-corrected chi connectivity index (χ3v) is 3.11. The van der Waals surface area contributed by atoms with E-state index in [-0.39, 0.29) is 0 Å². The summed E-state index contributed by atoms with van der Waals surface area (Å²) in [5.41, 5.74) is 0. The van der Waals surface area contributed by atoms with Crippen molar-refractivity contribution in [3.63, 3.8) is 0 Å². The average molecular weight is 317 g/mol. The Balaban J connectivity index is 1.57. The monoisotopic (exact) mass is 317 g/mol. The van der Waals surface area contributed by atoms with Gasteiger partial charge in [-0.15, -0.1) is 10.2 Å². The van der Waals surface area contributed by atoms with Gasteiger partial charge in [0.1, 0.15) is 0 Å². The Labute approximate surface area is 133 Å². The molecule has 0 N–H and O–H groups in total. The van der Waals surface area contributed by atoms with Crippen LogP contribution in [0, 0.1) is 5.92 Å². The zero-order valence-electron chi connectivity index (χ0n) is 13.4. The van der Waals surface area contributed by atoms with Gasteiger partial charge in [0.05, 0.1) is 19.4 Å². The molecular formula is C15H19N5O3. The molecule has 0 aliphatic rings. The van der Waals surface area contributed by atoms with E-state index in [9.17, 15) is 0 Å². The second-order valence-electron chi connectivity index (χ2n) is 5.85. The summed E-state index contributed by atoms with van der Waals surface area (Å²) in [5, 5.41) is 12.0. The Morgan fingerprint density at radius 3 is 2.78 bits per heavy atom.